The molecule has 19 heavy (non-hydrogen) atoms. The van der Waals surface area contributed by atoms with Crippen LogP contribution in [0.25, 0.3) is 0 Å². The zero-order valence-electron chi connectivity index (χ0n) is 10.7. The van der Waals surface area contributed by atoms with Crippen molar-refractivity contribution in [2.75, 3.05) is 6.61 Å². The molecule has 0 saturated heterocycles. The van der Waals surface area contributed by atoms with Gasteiger partial charge in [-0.15, -0.1) is 0 Å². The van der Waals surface area contributed by atoms with E-state index in [1.807, 2.05) is 25.1 Å². The summed E-state index contributed by atoms with van der Waals surface area (Å²) in [5, 5.41) is 0. The van der Waals surface area contributed by atoms with Crippen molar-refractivity contribution in [1.82, 2.24) is 0 Å². The van der Waals surface area contributed by atoms with Gasteiger partial charge in [0.05, 0.1) is 6.61 Å². The van der Waals surface area contributed by atoms with Gasteiger partial charge in [0.1, 0.15) is 12.4 Å². The van der Waals surface area contributed by atoms with Crippen molar-refractivity contribution in [3.63, 3.8) is 0 Å². The van der Waals surface area contributed by atoms with Crippen molar-refractivity contribution >= 4 is 5.78 Å². The van der Waals surface area contributed by atoms with Crippen LogP contribution in [-0.2, 0) is 11.3 Å². The van der Waals surface area contributed by atoms with Crippen LogP contribution in [0.4, 0.5) is 4.39 Å². The van der Waals surface area contributed by atoms with E-state index in [1.165, 1.54) is 6.07 Å². The Labute approximate surface area is 111 Å². The van der Waals surface area contributed by atoms with E-state index in [1.54, 1.807) is 24.3 Å². The van der Waals surface area contributed by atoms with Crippen LogP contribution in [0.2, 0.25) is 0 Å². The molecule has 0 spiro atoms. The van der Waals surface area contributed by atoms with Gasteiger partial charge >= 0.3 is 0 Å². The highest BCUT2D eigenvalue weighted by Gasteiger charge is 2.09. The fourth-order valence-electron chi connectivity index (χ4n) is 1.83. The molecule has 0 heterocycles. The summed E-state index contributed by atoms with van der Waals surface area (Å²) in [5.41, 5.74) is 2.03. The average Bonchev–Trinajstić information content (AvgIpc) is 2.41. The first-order chi connectivity index (χ1) is 9.18. The maximum absolute atomic E-state index is 13.3. The number of halogens is 1. The normalized spacial score (nSPS) is 10.4. The first-order valence-corrected chi connectivity index (χ1v) is 6.08. The van der Waals surface area contributed by atoms with Gasteiger partial charge in [-0.3, -0.25) is 4.79 Å². The minimum atomic E-state index is -0.314. The third-order valence-electron chi connectivity index (χ3n) is 2.89. The van der Waals surface area contributed by atoms with Crippen LogP contribution < -0.4 is 0 Å². The highest BCUT2D eigenvalue weighted by Crippen LogP contribution is 2.10. The fourth-order valence-corrected chi connectivity index (χ4v) is 1.83. The quantitative estimate of drug-likeness (QED) is 0.767. The van der Waals surface area contributed by atoms with Crippen molar-refractivity contribution in [2.24, 2.45) is 0 Å². The number of hydrogen-bond acceptors (Lipinski definition) is 2. The molecule has 98 valence electrons. The topological polar surface area (TPSA) is 26.3 Å². The van der Waals surface area contributed by atoms with E-state index < -0.39 is 0 Å². The molecule has 2 rings (SSSR count). The van der Waals surface area contributed by atoms with Gasteiger partial charge in [0.15, 0.2) is 5.78 Å². The molecule has 0 amide bonds. The van der Waals surface area contributed by atoms with Crippen LogP contribution in [0.3, 0.4) is 0 Å². The summed E-state index contributed by atoms with van der Waals surface area (Å²) < 4.78 is 18.6. The first kappa shape index (κ1) is 13.4. The van der Waals surface area contributed by atoms with Gasteiger partial charge in [-0.2, -0.15) is 0 Å². The fraction of sp³-hybridized carbons (Fsp3) is 0.188. The Balaban J connectivity index is 1.92. The monoisotopic (exact) mass is 258 g/mol. The molecule has 0 unspecified atom stereocenters. The predicted molar refractivity (Wildman–Crippen MR) is 71.6 cm³/mol. The molecule has 2 nitrogen and oxygen atoms in total. The van der Waals surface area contributed by atoms with E-state index in [0.29, 0.717) is 11.1 Å². The summed E-state index contributed by atoms with van der Waals surface area (Å²) in [4.78, 5) is 11.9. The standard InChI is InChI=1S/C16H15FO2/c1-12-6-2-4-8-14(12)16(18)11-19-10-13-7-3-5-9-15(13)17/h2-9H,10-11H2,1H3. The smallest absolute Gasteiger partial charge is 0.188 e. The number of hydrogen-bond donors (Lipinski definition) is 0. The zero-order chi connectivity index (χ0) is 13.7. The number of ether oxygens (including phenoxy) is 1. The summed E-state index contributed by atoms with van der Waals surface area (Å²) >= 11 is 0. The third-order valence-corrected chi connectivity index (χ3v) is 2.89. The maximum atomic E-state index is 13.3. The van der Waals surface area contributed by atoms with Crippen LogP contribution >= 0.6 is 0 Å². The molecule has 0 N–H and O–H groups in total. The lowest BCUT2D eigenvalue weighted by Crippen LogP contribution is -2.10. The molecule has 2 aromatic rings. The molecule has 0 atom stereocenters. The van der Waals surface area contributed by atoms with Gasteiger partial charge in [-0.25, -0.2) is 4.39 Å². The lowest BCUT2D eigenvalue weighted by molar-refractivity contribution is 0.0720. The molecule has 0 fully saturated rings. The number of Topliss-reactive ketones (excluding diaryl/α,β-unsaturated/α-hetero) is 1. The van der Waals surface area contributed by atoms with Gasteiger partial charge < -0.3 is 4.74 Å². The molecule has 3 heteroatoms. The van der Waals surface area contributed by atoms with E-state index in [2.05, 4.69) is 0 Å². The largest absolute Gasteiger partial charge is 0.369 e. The SMILES string of the molecule is Cc1ccccc1C(=O)COCc1ccccc1F. The summed E-state index contributed by atoms with van der Waals surface area (Å²) in [6, 6.07) is 13.7. The Morgan fingerprint density at radius 2 is 1.79 bits per heavy atom. The Hall–Kier alpha value is -2.00. The highest BCUT2D eigenvalue weighted by molar-refractivity contribution is 5.98. The van der Waals surface area contributed by atoms with Crippen LogP contribution in [0.1, 0.15) is 21.5 Å². The van der Waals surface area contributed by atoms with Gasteiger partial charge in [-0.1, -0.05) is 42.5 Å². The Kier molecular flexibility index (Phi) is 4.42. The summed E-state index contributed by atoms with van der Waals surface area (Å²) in [6.45, 7) is 1.94. The van der Waals surface area contributed by atoms with Crippen molar-refractivity contribution in [2.45, 2.75) is 13.5 Å². The van der Waals surface area contributed by atoms with E-state index in [-0.39, 0.29) is 24.8 Å². The molecule has 0 radical (unpaired) electrons. The number of carbonyl (C=O) groups is 1. The average molecular weight is 258 g/mol. The van der Waals surface area contributed by atoms with E-state index >= 15 is 0 Å². The molecule has 0 aliphatic rings. The second kappa shape index (κ2) is 6.25. The molecule has 0 aliphatic heterocycles. The van der Waals surface area contributed by atoms with E-state index in [0.717, 1.165) is 5.56 Å². The molecule has 0 aromatic heterocycles. The highest BCUT2D eigenvalue weighted by atomic mass is 19.1. The Bertz CT molecular complexity index is 578. The number of benzene rings is 2. The van der Waals surface area contributed by atoms with E-state index in [9.17, 15) is 9.18 Å². The van der Waals surface area contributed by atoms with Crippen LogP contribution in [0.5, 0.6) is 0 Å². The third kappa shape index (κ3) is 3.48. The van der Waals surface area contributed by atoms with E-state index in [4.69, 9.17) is 4.74 Å². The lowest BCUT2D eigenvalue weighted by Gasteiger charge is -2.06. The Morgan fingerprint density at radius 3 is 2.53 bits per heavy atom. The molecule has 0 bridgehead atoms. The van der Waals surface area contributed by atoms with Gasteiger partial charge in [-0.05, 0) is 18.6 Å². The predicted octanol–water partition coefficient (Wildman–Crippen LogP) is 3.53. The van der Waals surface area contributed by atoms with Crippen LogP contribution in [0.15, 0.2) is 48.5 Å². The van der Waals surface area contributed by atoms with Crippen LogP contribution in [-0.4, -0.2) is 12.4 Å². The number of carbonyl (C=O) groups excluding carboxylic acids is 1. The molecule has 2 aromatic carbocycles. The van der Waals surface area contributed by atoms with Crippen molar-refractivity contribution in [3.05, 3.63) is 71.0 Å². The van der Waals surface area contributed by atoms with Crippen molar-refractivity contribution in [3.8, 4) is 0 Å². The molecular weight excluding hydrogens is 243 g/mol. The van der Waals surface area contributed by atoms with Crippen molar-refractivity contribution in [1.29, 1.82) is 0 Å². The molecule has 0 saturated carbocycles. The minimum Gasteiger partial charge on any atom is -0.369 e. The number of ketones is 1. The second-order valence-electron chi connectivity index (χ2n) is 4.32. The van der Waals surface area contributed by atoms with Crippen molar-refractivity contribution < 1.29 is 13.9 Å². The van der Waals surface area contributed by atoms with Gasteiger partial charge in [0.25, 0.3) is 0 Å². The zero-order valence-corrected chi connectivity index (χ0v) is 10.7. The number of aryl methyl sites for hydroxylation is 1. The minimum absolute atomic E-state index is 0.0425. The molecule has 0 aliphatic carbocycles. The summed E-state index contributed by atoms with van der Waals surface area (Å²) in [6.07, 6.45) is 0. The first-order valence-electron chi connectivity index (χ1n) is 6.08. The Morgan fingerprint density at radius 1 is 1.11 bits per heavy atom. The maximum Gasteiger partial charge on any atom is 0.188 e. The van der Waals surface area contributed by atoms with Gasteiger partial charge in [0, 0.05) is 11.1 Å². The summed E-state index contributed by atoms with van der Waals surface area (Å²) in [7, 11) is 0. The second-order valence-corrected chi connectivity index (χ2v) is 4.32. The van der Waals surface area contributed by atoms with Gasteiger partial charge in [0.2, 0.25) is 0 Å². The van der Waals surface area contributed by atoms with Crippen LogP contribution in [0, 0.1) is 12.7 Å². The summed E-state index contributed by atoms with van der Waals surface area (Å²) in [5.74, 6) is -0.403. The lowest BCUT2D eigenvalue weighted by atomic mass is 10.1. The molecular formula is C16H15FO2. The number of rotatable bonds is 5.